The molecule has 5 heteroatoms. The molecule has 0 radical (unpaired) electrons. The maximum absolute atomic E-state index is 11.3. The van der Waals surface area contributed by atoms with Crippen molar-refractivity contribution in [3.63, 3.8) is 0 Å². The van der Waals surface area contributed by atoms with E-state index < -0.39 is 12.0 Å². The van der Waals surface area contributed by atoms with E-state index in [4.69, 9.17) is 0 Å². The minimum Gasteiger partial charge on any atom is -0.508 e. The van der Waals surface area contributed by atoms with E-state index in [1.54, 1.807) is 22.9 Å². The first kappa shape index (κ1) is 12.7. The number of imidazole rings is 1. The Kier molecular flexibility index (Phi) is 3.18. The summed E-state index contributed by atoms with van der Waals surface area (Å²) in [6.45, 7) is 0. The third-order valence-electron chi connectivity index (χ3n) is 3.72. The third kappa shape index (κ3) is 2.27. The van der Waals surface area contributed by atoms with Gasteiger partial charge in [0.15, 0.2) is 0 Å². The van der Waals surface area contributed by atoms with Gasteiger partial charge < -0.3 is 14.8 Å². The quantitative estimate of drug-likeness (QED) is 0.897. The molecule has 1 aliphatic heterocycles. The Bertz CT molecular complexity index is 648. The van der Waals surface area contributed by atoms with Crippen molar-refractivity contribution >= 4 is 5.97 Å². The van der Waals surface area contributed by atoms with E-state index in [2.05, 4.69) is 4.98 Å². The van der Waals surface area contributed by atoms with Gasteiger partial charge in [0.05, 0.1) is 5.69 Å². The van der Waals surface area contributed by atoms with Crippen LogP contribution in [-0.2, 0) is 17.6 Å². The van der Waals surface area contributed by atoms with Crippen LogP contribution in [0, 0.1) is 0 Å². The number of aliphatic carboxylic acids is 1. The van der Waals surface area contributed by atoms with Crippen molar-refractivity contribution in [2.75, 3.05) is 0 Å². The summed E-state index contributed by atoms with van der Waals surface area (Å²) >= 11 is 0. The molecule has 20 heavy (non-hydrogen) atoms. The number of para-hydroxylation sites is 1. The average Bonchev–Trinajstić information content (AvgIpc) is 2.83. The van der Waals surface area contributed by atoms with Gasteiger partial charge >= 0.3 is 5.97 Å². The lowest BCUT2D eigenvalue weighted by atomic mass is 10.1. The van der Waals surface area contributed by atoms with Crippen molar-refractivity contribution in [2.24, 2.45) is 0 Å². The number of nitrogens with zero attached hydrogens (tertiary/aromatic N) is 2. The predicted molar refractivity (Wildman–Crippen MR) is 72.8 cm³/mol. The van der Waals surface area contributed by atoms with Gasteiger partial charge in [-0.25, -0.2) is 9.78 Å². The van der Waals surface area contributed by atoms with E-state index in [1.807, 2.05) is 12.1 Å². The molecule has 1 aliphatic rings. The number of aryl methyl sites for hydroxylation is 1. The van der Waals surface area contributed by atoms with Crippen LogP contribution in [0.4, 0.5) is 0 Å². The van der Waals surface area contributed by atoms with Crippen LogP contribution in [0.3, 0.4) is 0 Å². The number of benzene rings is 1. The second kappa shape index (κ2) is 5.00. The van der Waals surface area contributed by atoms with Crippen LogP contribution < -0.4 is 0 Å². The third-order valence-corrected chi connectivity index (χ3v) is 3.72. The van der Waals surface area contributed by atoms with Gasteiger partial charge in [-0.1, -0.05) is 18.2 Å². The van der Waals surface area contributed by atoms with Crippen LogP contribution in [0.5, 0.6) is 5.75 Å². The number of aromatic nitrogens is 2. The zero-order valence-corrected chi connectivity index (χ0v) is 11.0. The summed E-state index contributed by atoms with van der Waals surface area (Å²) in [5, 5.41) is 19.0. The Hall–Kier alpha value is -2.30. The Morgan fingerprint density at radius 2 is 2.20 bits per heavy atom. The molecule has 1 aromatic heterocycles. The molecule has 0 spiro atoms. The highest BCUT2D eigenvalue weighted by Crippen LogP contribution is 2.27. The van der Waals surface area contributed by atoms with Crippen LogP contribution >= 0.6 is 0 Å². The number of phenols is 1. The second-order valence-corrected chi connectivity index (χ2v) is 5.11. The highest BCUT2D eigenvalue weighted by atomic mass is 16.4. The number of carboxylic acid groups (broad SMARTS) is 1. The van der Waals surface area contributed by atoms with Crippen LogP contribution in [-0.4, -0.2) is 25.7 Å². The van der Waals surface area contributed by atoms with Crippen molar-refractivity contribution in [1.82, 2.24) is 9.55 Å². The van der Waals surface area contributed by atoms with E-state index >= 15 is 0 Å². The number of fused-ring (bicyclic) bond motifs is 1. The van der Waals surface area contributed by atoms with Crippen molar-refractivity contribution in [1.29, 1.82) is 0 Å². The molecule has 0 saturated carbocycles. The van der Waals surface area contributed by atoms with Crippen molar-refractivity contribution in [3.8, 4) is 5.75 Å². The first-order chi connectivity index (χ1) is 9.65. The van der Waals surface area contributed by atoms with Crippen molar-refractivity contribution < 1.29 is 15.0 Å². The summed E-state index contributed by atoms with van der Waals surface area (Å²) in [5.74, 6) is 0.264. The standard InChI is InChI=1S/C15H16N2O3/c18-13-6-2-1-4-10(13)8-11-9-17-12(15(19)20)5-3-7-14(17)16-11/h1-2,4,6,9,12,18H,3,5,7-8H2,(H,19,20). The maximum atomic E-state index is 11.3. The largest absolute Gasteiger partial charge is 0.508 e. The fraction of sp³-hybridized carbons (Fsp3) is 0.333. The van der Waals surface area contributed by atoms with E-state index in [0.29, 0.717) is 12.8 Å². The average molecular weight is 272 g/mol. The van der Waals surface area contributed by atoms with Crippen LogP contribution in [0.1, 0.15) is 36.0 Å². The summed E-state index contributed by atoms with van der Waals surface area (Å²) in [5.41, 5.74) is 1.60. The second-order valence-electron chi connectivity index (χ2n) is 5.11. The number of rotatable bonds is 3. The number of carboxylic acids is 1. The van der Waals surface area contributed by atoms with Gasteiger partial charge in [-0.3, -0.25) is 0 Å². The summed E-state index contributed by atoms with van der Waals surface area (Å²) in [6.07, 6.45) is 4.63. The molecule has 0 bridgehead atoms. The van der Waals surface area contributed by atoms with E-state index in [0.717, 1.165) is 29.9 Å². The normalized spacial score (nSPS) is 17.7. The zero-order chi connectivity index (χ0) is 14.1. The van der Waals surface area contributed by atoms with Gasteiger partial charge in [0.1, 0.15) is 17.6 Å². The molecule has 0 amide bonds. The Balaban J connectivity index is 1.90. The molecule has 1 unspecified atom stereocenters. The van der Waals surface area contributed by atoms with Gasteiger partial charge in [0.2, 0.25) is 0 Å². The minimum atomic E-state index is -0.808. The number of hydrogen-bond acceptors (Lipinski definition) is 3. The molecule has 1 aromatic carbocycles. The SMILES string of the molecule is O=C(O)C1CCCc2nc(Cc3ccccc3O)cn21. The molecular weight excluding hydrogens is 256 g/mol. The van der Waals surface area contributed by atoms with Gasteiger partial charge in [-0.2, -0.15) is 0 Å². The lowest BCUT2D eigenvalue weighted by Gasteiger charge is -2.20. The molecule has 2 aromatic rings. The van der Waals surface area contributed by atoms with E-state index in [-0.39, 0.29) is 5.75 Å². The number of phenolic OH excluding ortho intramolecular Hbond substituents is 1. The number of hydrogen-bond donors (Lipinski definition) is 2. The summed E-state index contributed by atoms with van der Waals surface area (Å²) in [4.78, 5) is 15.8. The maximum Gasteiger partial charge on any atom is 0.326 e. The lowest BCUT2D eigenvalue weighted by molar-refractivity contribution is -0.141. The van der Waals surface area contributed by atoms with Crippen molar-refractivity contribution in [2.45, 2.75) is 31.7 Å². The van der Waals surface area contributed by atoms with E-state index in [9.17, 15) is 15.0 Å². The van der Waals surface area contributed by atoms with Crippen LogP contribution in [0.25, 0.3) is 0 Å². The van der Waals surface area contributed by atoms with E-state index in [1.165, 1.54) is 0 Å². The first-order valence-corrected chi connectivity index (χ1v) is 6.71. The van der Waals surface area contributed by atoms with Gasteiger partial charge in [0, 0.05) is 19.0 Å². The Morgan fingerprint density at radius 3 is 2.95 bits per heavy atom. The number of aromatic hydroxyl groups is 1. The molecule has 2 heterocycles. The highest BCUT2D eigenvalue weighted by molar-refractivity contribution is 5.72. The van der Waals surface area contributed by atoms with Gasteiger partial charge in [-0.05, 0) is 24.5 Å². The fourth-order valence-electron chi connectivity index (χ4n) is 2.72. The first-order valence-electron chi connectivity index (χ1n) is 6.71. The fourth-order valence-corrected chi connectivity index (χ4v) is 2.72. The predicted octanol–water partition coefficient (Wildman–Crippen LogP) is 2.14. The van der Waals surface area contributed by atoms with Crippen LogP contribution in [0.2, 0.25) is 0 Å². The molecule has 104 valence electrons. The molecule has 3 rings (SSSR count). The van der Waals surface area contributed by atoms with Gasteiger partial charge in [-0.15, -0.1) is 0 Å². The molecule has 2 N–H and O–H groups in total. The summed E-state index contributed by atoms with van der Waals surface area (Å²) < 4.78 is 1.77. The van der Waals surface area contributed by atoms with Gasteiger partial charge in [0.25, 0.3) is 0 Å². The zero-order valence-electron chi connectivity index (χ0n) is 11.0. The monoisotopic (exact) mass is 272 g/mol. The Morgan fingerprint density at radius 1 is 1.40 bits per heavy atom. The Labute approximate surface area is 116 Å². The highest BCUT2D eigenvalue weighted by Gasteiger charge is 2.26. The van der Waals surface area contributed by atoms with Crippen molar-refractivity contribution in [3.05, 3.63) is 47.5 Å². The van der Waals surface area contributed by atoms with Crippen LogP contribution in [0.15, 0.2) is 30.5 Å². The molecule has 1 atom stereocenters. The summed E-state index contributed by atoms with van der Waals surface area (Å²) in [7, 11) is 0. The molecule has 0 aliphatic carbocycles. The molecule has 0 fully saturated rings. The molecule has 5 nitrogen and oxygen atoms in total. The number of carbonyl (C=O) groups is 1. The molecule has 0 saturated heterocycles. The molecular formula is C15H16N2O3. The smallest absolute Gasteiger partial charge is 0.326 e. The summed E-state index contributed by atoms with van der Waals surface area (Å²) in [6, 6.07) is 6.63. The minimum absolute atomic E-state index is 0.244. The topological polar surface area (TPSA) is 75.3 Å². The lowest BCUT2D eigenvalue weighted by Crippen LogP contribution is -2.24.